The summed E-state index contributed by atoms with van der Waals surface area (Å²) in [5, 5.41) is 10.2. The number of hydrogen-bond donors (Lipinski definition) is 1. The Hall–Kier alpha value is -1.51. The highest BCUT2D eigenvalue weighted by molar-refractivity contribution is 5.72. The van der Waals surface area contributed by atoms with Crippen LogP contribution in [0.4, 0.5) is 0 Å². The van der Waals surface area contributed by atoms with Gasteiger partial charge in [-0.3, -0.25) is 4.79 Å². The molecule has 2 heterocycles. The summed E-state index contributed by atoms with van der Waals surface area (Å²) in [6.45, 7) is 3.63. The van der Waals surface area contributed by atoms with Gasteiger partial charge in [0.15, 0.2) is 11.9 Å². The van der Waals surface area contributed by atoms with Crippen LogP contribution in [0.5, 0.6) is 0 Å². The van der Waals surface area contributed by atoms with Crippen LogP contribution in [0.2, 0.25) is 0 Å². The van der Waals surface area contributed by atoms with Gasteiger partial charge in [0.2, 0.25) is 0 Å². The summed E-state index contributed by atoms with van der Waals surface area (Å²) < 4.78 is 28.2. The van der Waals surface area contributed by atoms with Crippen LogP contribution in [0, 0.1) is 0 Å². The quantitative estimate of drug-likeness (QED) is 0.614. The molecule has 1 aromatic rings. The summed E-state index contributed by atoms with van der Waals surface area (Å²) >= 11 is 0. The van der Waals surface area contributed by atoms with Crippen molar-refractivity contribution < 1.29 is 33.6 Å². The van der Waals surface area contributed by atoms with Crippen molar-refractivity contribution in [3.05, 3.63) is 35.9 Å². The zero-order valence-electron chi connectivity index (χ0n) is 14.6. The van der Waals surface area contributed by atoms with Crippen molar-refractivity contribution in [2.45, 2.75) is 56.6 Å². The second-order valence-electron chi connectivity index (χ2n) is 6.70. The number of aliphatic hydroxyl groups excluding tert-OH is 1. The Kier molecular flexibility index (Phi) is 5.41. The van der Waals surface area contributed by atoms with Crippen LogP contribution in [0.25, 0.3) is 0 Å². The van der Waals surface area contributed by atoms with Crippen molar-refractivity contribution in [2.75, 3.05) is 13.9 Å². The third-order valence-corrected chi connectivity index (χ3v) is 4.30. The van der Waals surface area contributed by atoms with Gasteiger partial charge in [-0.1, -0.05) is 30.3 Å². The Morgan fingerprint density at radius 2 is 1.96 bits per heavy atom. The van der Waals surface area contributed by atoms with Gasteiger partial charge < -0.3 is 28.8 Å². The lowest BCUT2D eigenvalue weighted by molar-refractivity contribution is -0.174. The smallest absolute Gasteiger partial charge is 0.309 e. The molecule has 0 spiro atoms. The highest BCUT2D eigenvalue weighted by atomic mass is 16.8. The average molecular weight is 352 g/mol. The largest absolute Gasteiger partial charge is 0.457 e. The first-order chi connectivity index (χ1) is 11.9. The van der Waals surface area contributed by atoms with E-state index in [0.29, 0.717) is 0 Å². The van der Waals surface area contributed by atoms with E-state index in [9.17, 15) is 9.90 Å². The molecule has 0 aliphatic carbocycles. The Bertz CT molecular complexity index is 588. The van der Waals surface area contributed by atoms with Crippen molar-refractivity contribution >= 4 is 5.97 Å². The Balaban J connectivity index is 1.90. The second-order valence-corrected chi connectivity index (χ2v) is 6.70. The minimum atomic E-state index is -0.934. The van der Waals surface area contributed by atoms with Crippen LogP contribution in [0.3, 0.4) is 0 Å². The fraction of sp³-hybridized carbons (Fsp3) is 0.611. The van der Waals surface area contributed by atoms with E-state index in [2.05, 4.69) is 0 Å². The standard InChI is InChI=1S/C18H24O7/c1-18(2)24-16(17(25-18)15-12(19)9-13(20)23-15)14(22-10-21-3)11-7-5-4-6-8-11/h4-8,12,14-17,19H,9-10H2,1-3H3/t12-,14-,15+,16-,17-/m1/s1. The number of methoxy groups -OCH3 is 1. The molecule has 1 aromatic carbocycles. The normalized spacial score (nSPS) is 32.6. The monoisotopic (exact) mass is 352 g/mol. The van der Waals surface area contributed by atoms with Gasteiger partial charge in [-0.2, -0.15) is 0 Å². The molecule has 2 saturated heterocycles. The first kappa shape index (κ1) is 18.3. The maximum atomic E-state index is 11.6. The molecular formula is C18H24O7. The molecule has 2 aliphatic heterocycles. The summed E-state index contributed by atoms with van der Waals surface area (Å²) in [5.74, 6) is -1.34. The molecule has 0 bridgehead atoms. The molecule has 0 radical (unpaired) electrons. The molecule has 7 nitrogen and oxygen atoms in total. The molecule has 5 atom stereocenters. The van der Waals surface area contributed by atoms with E-state index in [0.717, 1.165) is 5.56 Å². The zero-order chi connectivity index (χ0) is 18.0. The molecular weight excluding hydrogens is 328 g/mol. The van der Waals surface area contributed by atoms with E-state index in [1.807, 2.05) is 30.3 Å². The van der Waals surface area contributed by atoms with Gasteiger partial charge in [-0.15, -0.1) is 0 Å². The average Bonchev–Trinajstić information content (AvgIpc) is 3.07. The molecule has 0 unspecified atom stereocenters. The van der Waals surface area contributed by atoms with Crippen LogP contribution in [0.1, 0.15) is 31.9 Å². The number of aliphatic hydroxyl groups is 1. The highest BCUT2D eigenvalue weighted by Gasteiger charge is 2.54. The topological polar surface area (TPSA) is 83.5 Å². The molecule has 138 valence electrons. The second kappa shape index (κ2) is 7.39. The van der Waals surface area contributed by atoms with Gasteiger partial charge >= 0.3 is 5.97 Å². The van der Waals surface area contributed by atoms with Gasteiger partial charge in [0.25, 0.3) is 0 Å². The first-order valence-corrected chi connectivity index (χ1v) is 8.30. The van der Waals surface area contributed by atoms with Crippen molar-refractivity contribution in [3.8, 4) is 0 Å². The fourth-order valence-electron chi connectivity index (χ4n) is 3.32. The number of hydrogen-bond acceptors (Lipinski definition) is 7. The number of benzene rings is 1. The van der Waals surface area contributed by atoms with Gasteiger partial charge in [0, 0.05) is 7.11 Å². The number of carbonyl (C=O) groups is 1. The van der Waals surface area contributed by atoms with E-state index < -0.39 is 42.3 Å². The third-order valence-electron chi connectivity index (χ3n) is 4.30. The van der Waals surface area contributed by atoms with Gasteiger partial charge in [0.1, 0.15) is 31.2 Å². The molecule has 0 aromatic heterocycles. The fourth-order valence-corrected chi connectivity index (χ4v) is 3.32. The predicted molar refractivity (Wildman–Crippen MR) is 86.5 cm³/mol. The molecule has 2 fully saturated rings. The molecule has 0 saturated carbocycles. The minimum absolute atomic E-state index is 0.0490. The van der Waals surface area contributed by atoms with Gasteiger partial charge in [-0.25, -0.2) is 0 Å². The van der Waals surface area contributed by atoms with Gasteiger partial charge in [0.05, 0.1) is 6.42 Å². The SMILES string of the molecule is COCO[C@H](c1ccccc1)[C@H]1OC(C)(C)O[C@@H]1[C@H]1OC(=O)C[C@H]1O. The summed E-state index contributed by atoms with van der Waals surface area (Å²) in [5.41, 5.74) is 0.884. The minimum Gasteiger partial charge on any atom is -0.457 e. The zero-order valence-corrected chi connectivity index (χ0v) is 14.6. The molecule has 0 amide bonds. The predicted octanol–water partition coefficient (Wildman–Crippen LogP) is 1.54. The number of rotatable bonds is 6. The van der Waals surface area contributed by atoms with E-state index in [-0.39, 0.29) is 13.2 Å². The lowest BCUT2D eigenvalue weighted by atomic mass is 9.95. The van der Waals surface area contributed by atoms with E-state index in [4.69, 9.17) is 23.7 Å². The van der Waals surface area contributed by atoms with E-state index in [1.165, 1.54) is 7.11 Å². The summed E-state index contributed by atoms with van der Waals surface area (Å²) in [7, 11) is 1.54. The maximum absolute atomic E-state index is 11.6. The Morgan fingerprint density at radius 3 is 2.56 bits per heavy atom. The lowest BCUT2D eigenvalue weighted by Crippen LogP contribution is -2.44. The van der Waals surface area contributed by atoms with E-state index >= 15 is 0 Å². The van der Waals surface area contributed by atoms with Crippen LogP contribution in [-0.2, 0) is 28.5 Å². The Morgan fingerprint density at radius 1 is 1.24 bits per heavy atom. The highest BCUT2D eigenvalue weighted by Crippen LogP contribution is 2.41. The van der Waals surface area contributed by atoms with E-state index in [1.54, 1.807) is 13.8 Å². The van der Waals surface area contributed by atoms with Crippen LogP contribution in [-0.4, -0.2) is 55.2 Å². The van der Waals surface area contributed by atoms with Crippen LogP contribution < -0.4 is 0 Å². The van der Waals surface area contributed by atoms with Crippen LogP contribution in [0.15, 0.2) is 30.3 Å². The summed E-state index contributed by atoms with van der Waals surface area (Å²) in [6.07, 6.45) is -3.50. The number of cyclic esters (lactones) is 1. The van der Waals surface area contributed by atoms with Crippen molar-refractivity contribution in [1.82, 2.24) is 0 Å². The number of ether oxygens (including phenoxy) is 5. The molecule has 1 N–H and O–H groups in total. The summed E-state index contributed by atoms with van der Waals surface area (Å²) in [4.78, 5) is 11.6. The number of carbonyl (C=O) groups excluding carboxylic acids is 1. The number of esters is 1. The van der Waals surface area contributed by atoms with Gasteiger partial charge in [-0.05, 0) is 19.4 Å². The van der Waals surface area contributed by atoms with Crippen LogP contribution >= 0.6 is 0 Å². The van der Waals surface area contributed by atoms with Crippen molar-refractivity contribution in [2.24, 2.45) is 0 Å². The van der Waals surface area contributed by atoms with Crippen molar-refractivity contribution in [3.63, 3.8) is 0 Å². The molecule has 2 aliphatic rings. The summed E-state index contributed by atoms with van der Waals surface area (Å²) in [6, 6.07) is 9.55. The molecule has 25 heavy (non-hydrogen) atoms. The third kappa shape index (κ3) is 4.02. The first-order valence-electron chi connectivity index (χ1n) is 8.30. The lowest BCUT2D eigenvalue weighted by Gasteiger charge is -2.29. The maximum Gasteiger partial charge on any atom is 0.309 e. The van der Waals surface area contributed by atoms with Crippen molar-refractivity contribution in [1.29, 1.82) is 0 Å². The Labute approximate surface area is 146 Å². The molecule has 7 heteroatoms. The molecule has 3 rings (SSSR count).